The highest BCUT2D eigenvalue weighted by Crippen LogP contribution is 2.19. The number of rotatable bonds is 7. The van der Waals surface area contributed by atoms with Crippen LogP contribution in [0.5, 0.6) is 0 Å². The lowest BCUT2D eigenvalue weighted by Gasteiger charge is -2.36. The van der Waals surface area contributed by atoms with Gasteiger partial charge in [0.2, 0.25) is 5.91 Å². The van der Waals surface area contributed by atoms with Crippen LogP contribution in [0.25, 0.3) is 0 Å². The van der Waals surface area contributed by atoms with Gasteiger partial charge in [0, 0.05) is 56.5 Å². The number of nitrogens with zero attached hydrogens (tertiary/aromatic N) is 4. The molecule has 2 saturated heterocycles. The number of hydrogen-bond acceptors (Lipinski definition) is 5. The zero-order valence-electron chi connectivity index (χ0n) is 17.3. The Morgan fingerprint density at radius 3 is 2.43 bits per heavy atom. The fourth-order valence-electron chi connectivity index (χ4n) is 3.52. The molecule has 0 aliphatic carbocycles. The fourth-order valence-corrected chi connectivity index (χ4v) is 3.64. The summed E-state index contributed by atoms with van der Waals surface area (Å²) in [7, 11) is 0. The van der Waals surface area contributed by atoms with Crippen molar-refractivity contribution in [3.63, 3.8) is 0 Å². The molecule has 3 rings (SSSR count). The minimum absolute atomic E-state index is 0. The van der Waals surface area contributed by atoms with Crippen molar-refractivity contribution in [3.05, 3.63) is 29.3 Å². The summed E-state index contributed by atoms with van der Waals surface area (Å²) in [6.45, 7) is 8.42. The van der Waals surface area contributed by atoms with Gasteiger partial charge in [-0.3, -0.25) is 9.69 Å². The molecule has 3 N–H and O–H groups in total. The molecule has 0 spiro atoms. The van der Waals surface area contributed by atoms with E-state index >= 15 is 0 Å². The molecule has 0 bridgehead atoms. The molecule has 0 atom stereocenters. The Morgan fingerprint density at radius 1 is 1.10 bits per heavy atom. The van der Waals surface area contributed by atoms with Crippen molar-refractivity contribution >= 4 is 53.1 Å². The maximum absolute atomic E-state index is 12.4. The summed E-state index contributed by atoms with van der Waals surface area (Å²) in [5.41, 5.74) is 7.03. The first-order chi connectivity index (χ1) is 14.1. The second kappa shape index (κ2) is 13.2. The average Bonchev–Trinajstić information content (AvgIpc) is 2.76. The average molecular weight is 551 g/mol. The molecule has 1 aromatic carbocycles. The first-order valence-electron chi connectivity index (χ1n) is 10.2. The smallest absolute Gasteiger partial charge is 0.244 e. The zero-order valence-corrected chi connectivity index (χ0v) is 20.3. The van der Waals surface area contributed by atoms with E-state index in [9.17, 15) is 4.79 Å². The van der Waals surface area contributed by atoms with Crippen LogP contribution in [0.15, 0.2) is 29.3 Å². The Balaban J connectivity index is 0.00000320. The number of guanidine groups is 1. The van der Waals surface area contributed by atoms with E-state index in [1.165, 1.54) is 0 Å². The van der Waals surface area contributed by atoms with E-state index in [1.807, 2.05) is 29.2 Å². The maximum atomic E-state index is 12.4. The largest absolute Gasteiger partial charge is 0.379 e. The molecular formula is C20H32ClIN6O2. The molecular weight excluding hydrogens is 519 g/mol. The van der Waals surface area contributed by atoms with Crippen LogP contribution in [0.4, 0.5) is 5.69 Å². The van der Waals surface area contributed by atoms with E-state index in [0.717, 1.165) is 69.6 Å². The zero-order chi connectivity index (χ0) is 20.5. The van der Waals surface area contributed by atoms with Gasteiger partial charge in [-0.15, -0.1) is 24.0 Å². The van der Waals surface area contributed by atoms with Crippen molar-refractivity contribution in [2.24, 2.45) is 10.7 Å². The molecule has 0 aromatic heterocycles. The molecule has 30 heavy (non-hydrogen) atoms. The van der Waals surface area contributed by atoms with Crippen LogP contribution >= 0.6 is 35.6 Å². The minimum Gasteiger partial charge on any atom is -0.379 e. The first kappa shape index (κ1) is 25.0. The Kier molecular flexibility index (Phi) is 11.0. The number of benzene rings is 1. The standard InChI is InChI=1S/C20H31ClN6O2.HI/c21-17-2-4-18(5-3-17)26-8-10-27(11-9-26)19(28)16-24-20(22)23-6-1-7-25-12-14-29-15-13-25;/h2-5H,1,6-16H2,(H3,22,23,24);1H. The molecule has 1 aromatic rings. The number of carbonyl (C=O) groups is 1. The lowest BCUT2D eigenvalue weighted by molar-refractivity contribution is -0.129. The van der Waals surface area contributed by atoms with Crippen molar-refractivity contribution in [1.29, 1.82) is 0 Å². The van der Waals surface area contributed by atoms with Crippen molar-refractivity contribution in [1.82, 2.24) is 15.1 Å². The van der Waals surface area contributed by atoms with Crippen LogP contribution in [0.1, 0.15) is 6.42 Å². The van der Waals surface area contributed by atoms with Crippen LogP contribution in [-0.4, -0.2) is 93.8 Å². The first-order valence-corrected chi connectivity index (χ1v) is 10.6. The molecule has 8 nitrogen and oxygen atoms in total. The Morgan fingerprint density at radius 2 is 1.77 bits per heavy atom. The summed E-state index contributed by atoms with van der Waals surface area (Å²) in [4.78, 5) is 23.1. The van der Waals surface area contributed by atoms with Gasteiger partial charge in [0.05, 0.1) is 13.2 Å². The molecule has 10 heteroatoms. The van der Waals surface area contributed by atoms with Crippen molar-refractivity contribution in [2.75, 3.05) is 77.0 Å². The van der Waals surface area contributed by atoms with E-state index in [1.54, 1.807) is 0 Å². The van der Waals surface area contributed by atoms with Crippen molar-refractivity contribution in [2.45, 2.75) is 6.42 Å². The van der Waals surface area contributed by atoms with E-state index in [0.29, 0.717) is 19.0 Å². The number of aliphatic imine (C=N–C) groups is 1. The number of ether oxygens (including phenoxy) is 1. The van der Waals surface area contributed by atoms with Crippen molar-refractivity contribution in [3.8, 4) is 0 Å². The molecule has 0 unspecified atom stereocenters. The van der Waals surface area contributed by atoms with Gasteiger partial charge in [0.25, 0.3) is 0 Å². The number of anilines is 1. The highest BCUT2D eigenvalue weighted by atomic mass is 127. The Hall–Kier alpha value is -1.30. The van der Waals surface area contributed by atoms with Gasteiger partial charge in [-0.1, -0.05) is 11.6 Å². The van der Waals surface area contributed by atoms with Crippen LogP contribution in [0.2, 0.25) is 5.02 Å². The highest BCUT2D eigenvalue weighted by molar-refractivity contribution is 14.0. The van der Waals surface area contributed by atoms with Crippen LogP contribution in [0.3, 0.4) is 0 Å². The molecule has 168 valence electrons. The normalized spacial score (nSPS) is 18.1. The lowest BCUT2D eigenvalue weighted by atomic mass is 10.2. The quantitative estimate of drug-likeness (QED) is 0.230. The Labute approximate surface area is 200 Å². The van der Waals surface area contributed by atoms with Crippen LogP contribution in [0, 0.1) is 0 Å². The number of carbonyl (C=O) groups excluding carboxylic acids is 1. The Bertz CT molecular complexity index is 676. The van der Waals surface area contributed by atoms with Gasteiger partial charge < -0.3 is 25.6 Å². The van der Waals surface area contributed by atoms with Gasteiger partial charge in [-0.2, -0.15) is 0 Å². The number of hydrogen-bond donors (Lipinski definition) is 2. The number of piperazine rings is 1. The topological polar surface area (TPSA) is 86.4 Å². The third-order valence-electron chi connectivity index (χ3n) is 5.27. The molecule has 2 fully saturated rings. The van der Waals surface area contributed by atoms with Gasteiger partial charge in [0.15, 0.2) is 5.96 Å². The summed E-state index contributed by atoms with van der Waals surface area (Å²) in [6, 6.07) is 7.80. The van der Waals surface area contributed by atoms with E-state index in [-0.39, 0.29) is 36.4 Å². The number of morpholine rings is 1. The number of nitrogens with one attached hydrogen (secondary N) is 1. The predicted molar refractivity (Wildman–Crippen MR) is 132 cm³/mol. The maximum Gasteiger partial charge on any atom is 0.244 e. The second-order valence-corrected chi connectivity index (χ2v) is 7.72. The summed E-state index contributed by atoms with van der Waals surface area (Å²) in [5.74, 6) is 0.346. The summed E-state index contributed by atoms with van der Waals surface area (Å²) in [6.07, 6.45) is 0.983. The second-order valence-electron chi connectivity index (χ2n) is 7.28. The van der Waals surface area contributed by atoms with Gasteiger partial charge >= 0.3 is 0 Å². The fraction of sp³-hybridized carbons (Fsp3) is 0.600. The number of amides is 1. The van der Waals surface area contributed by atoms with E-state index in [2.05, 4.69) is 20.1 Å². The monoisotopic (exact) mass is 550 g/mol. The van der Waals surface area contributed by atoms with E-state index in [4.69, 9.17) is 22.1 Å². The lowest BCUT2D eigenvalue weighted by Crippen LogP contribution is -2.49. The molecule has 0 radical (unpaired) electrons. The van der Waals surface area contributed by atoms with Crippen molar-refractivity contribution < 1.29 is 9.53 Å². The third kappa shape index (κ3) is 8.09. The van der Waals surface area contributed by atoms with E-state index < -0.39 is 0 Å². The van der Waals surface area contributed by atoms with Crippen LogP contribution < -0.4 is 16.0 Å². The molecule has 2 heterocycles. The summed E-state index contributed by atoms with van der Waals surface area (Å²) >= 11 is 5.95. The number of halogens is 2. The molecule has 2 aliphatic heterocycles. The summed E-state index contributed by atoms with van der Waals surface area (Å²) in [5, 5.41) is 3.82. The van der Waals surface area contributed by atoms with Gasteiger partial charge in [-0.25, -0.2) is 4.99 Å². The highest BCUT2D eigenvalue weighted by Gasteiger charge is 2.21. The SMILES string of the molecule is I.NC(=NCC(=O)N1CCN(c2ccc(Cl)cc2)CC1)NCCCN1CCOCC1. The minimum atomic E-state index is 0. The third-order valence-corrected chi connectivity index (χ3v) is 5.52. The van der Waals surface area contributed by atoms with Crippen LogP contribution in [-0.2, 0) is 9.53 Å². The molecule has 1 amide bonds. The summed E-state index contributed by atoms with van der Waals surface area (Å²) < 4.78 is 5.34. The molecule has 2 aliphatic rings. The predicted octanol–water partition coefficient (Wildman–Crippen LogP) is 1.23. The van der Waals surface area contributed by atoms with Gasteiger partial charge in [-0.05, 0) is 37.2 Å². The van der Waals surface area contributed by atoms with Gasteiger partial charge in [0.1, 0.15) is 6.54 Å². The molecule has 0 saturated carbocycles. The number of nitrogens with two attached hydrogens (primary N) is 1.